The molecule has 2 aromatic rings. The van der Waals surface area contributed by atoms with Gasteiger partial charge in [-0.15, -0.1) is 0 Å². The molecule has 0 fully saturated rings. The number of nitrogens with one attached hydrogen (secondary N) is 1. The number of halogens is 1. The van der Waals surface area contributed by atoms with Crippen LogP contribution in [0.3, 0.4) is 0 Å². The third-order valence-corrected chi connectivity index (χ3v) is 3.76. The van der Waals surface area contributed by atoms with Crippen molar-refractivity contribution in [2.75, 3.05) is 19.5 Å². The number of ether oxygens (including phenoxy) is 1. The average Bonchev–Trinajstić information content (AvgIpc) is 2.51. The summed E-state index contributed by atoms with van der Waals surface area (Å²) in [5, 5.41) is 3.47. The van der Waals surface area contributed by atoms with E-state index in [2.05, 4.69) is 5.32 Å². The van der Waals surface area contributed by atoms with Crippen molar-refractivity contribution < 1.29 is 9.53 Å². The average molecular weight is 319 g/mol. The molecule has 116 valence electrons. The molecule has 4 nitrogen and oxygen atoms in total. The quantitative estimate of drug-likeness (QED) is 0.912. The van der Waals surface area contributed by atoms with E-state index >= 15 is 0 Å². The van der Waals surface area contributed by atoms with E-state index in [1.165, 1.54) is 0 Å². The number of amides is 2. The van der Waals surface area contributed by atoms with Crippen molar-refractivity contribution in [3.63, 3.8) is 0 Å². The Morgan fingerprint density at radius 1 is 1.23 bits per heavy atom. The molecule has 0 unspecified atom stereocenters. The van der Waals surface area contributed by atoms with Crippen LogP contribution in [0.2, 0.25) is 5.02 Å². The molecular weight excluding hydrogens is 300 g/mol. The second-order valence-electron chi connectivity index (χ2n) is 5.10. The van der Waals surface area contributed by atoms with Gasteiger partial charge >= 0.3 is 6.03 Å². The minimum Gasteiger partial charge on any atom is -0.497 e. The van der Waals surface area contributed by atoms with Crippen molar-refractivity contribution in [1.29, 1.82) is 0 Å². The molecule has 0 aliphatic carbocycles. The molecule has 0 saturated carbocycles. The lowest BCUT2D eigenvalue weighted by molar-refractivity contribution is 0.220. The zero-order chi connectivity index (χ0) is 16.1. The third kappa shape index (κ3) is 4.15. The SMILES string of the molecule is COc1ccc(CN(C)C(=O)Nc2ccc(C)c(Cl)c2)cc1. The summed E-state index contributed by atoms with van der Waals surface area (Å²) in [5.74, 6) is 0.796. The van der Waals surface area contributed by atoms with Crippen LogP contribution >= 0.6 is 11.6 Å². The highest BCUT2D eigenvalue weighted by atomic mass is 35.5. The Morgan fingerprint density at radius 3 is 2.50 bits per heavy atom. The maximum atomic E-state index is 12.2. The van der Waals surface area contributed by atoms with Gasteiger partial charge in [0.1, 0.15) is 5.75 Å². The summed E-state index contributed by atoms with van der Waals surface area (Å²) < 4.78 is 5.12. The fraction of sp³-hybridized carbons (Fsp3) is 0.235. The number of nitrogens with zero attached hydrogens (tertiary/aromatic N) is 1. The van der Waals surface area contributed by atoms with Gasteiger partial charge in [-0.05, 0) is 42.3 Å². The standard InChI is InChI=1S/C17H19ClN2O2/c1-12-4-7-14(10-16(12)18)19-17(21)20(2)11-13-5-8-15(22-3)9-6-13/h4-10H,11H2,1-3H3,(H,19,21). The summed E-state index contributed by atoms with van der Waals surface area (Å²) in [6, 6.07) is 12.9. The lowest BCUT2D eigenvalue weighted by Crippen LogP contribution is -2.30. The molecule has 0 aromatic heterocycles. The summed E-state index contributed by atoms with van der Waals surface area (Å²) in [7, 11) is 3.37. The number of aryl methyl sites for hydroxylation is 1. The van der Waals surface area contributed by atoms with E-state index in [0.29, 0.717) is 17.3 Å². The van der Waals surface area contributed by atoms with E-state index in [9.17, 15) is 4.79 Å². The fourth-order valence-electron chi connectivity index (χ4n) is 1.97. The first-order valence-corrected chi connectivity index (χ1v) is 7.28. The molecule has 0 radical (unpaired) electrons. The number of methoxy groups -OCH3 is 1. The number of anilines is 1. The number of carbonyl (C=O) groups is 1. The molecule has 0 spiro atoms. The summed E-state index contributed by atoms with van der Waals surface area (Å²) >= 11 is 6.06. The Morgan fingerprint density at radius 2 is 1.91 bits per heavy atom. The Kier molecular flexibility index (Phi) is 5.28. The van der Waals surface area contributed by atoms with Crippen LogP contribution in [-0.4, -0.2) is 25.1 Å². The van der Waals surface area contributed by atoms with Crippen LogP contribution < -0.4 is 10.1 Å². The fourth-order valence-corrected chi connectivity index (χ4v) is 2.15. The maximum absolute atomic E-state index is 12.2. The van der Waals surface area contributed by atoms with Gasteiger partial charge < -0.3 is 15.0 Å². The van der Waals surface area contributed by atoms with Crippen molar-refractivity contribution in [1.82, 2.24) is 4.90 Å². The van der Waals surface area contributed by atoms with Crippen LogP contribution in [-0.2, 0) is 6.54 Å². The molecule has 2 rings (SSSR count). The van der Waals surface area contributed by atoms with Gasteiger partial charge in [-0.25, -0.2) is 4.79 Å². The lowest BCUT2D eigenvalue weighted by atomic mass is 10.2. The van der Waals surface area contributed by atoms with Gasteiger partial charge in [-0.2, -0.15) is 0 Å². The summed E-state index contributed by atoms with van der Waals surface area (Å²) in [6.07, 6.45) is 0. The van der Waals surface area contributed by atoms with Gasteiger partial charge in [-0.1, -0.05) is 29.8 Å². The lowest BCUT2D eigenvalue weighted by Gasteiger charge is -2.18. The Balaban J connectivity index is 1.97. The van der Waals surface area contributed by atoms with Crippen LogP contribution in [0.4, 0.5) is 10.5 Å². The van der Waals surface area contributed by atoms with E-state index in [1.54, 1.807) is 25.1 Å². The second kappa shape index (κ2) is 7.18. The van der Waals surface area contributed by atoms with Crippen molar-refractivity contribution >= 4 is 23.3 Å². The summed E-state index contributed by atoms with van der Waals surface area (Å²) in [6.45, 7) is 2.43. The largest absolute Gasteiger partial charge is 0.497 e. The van der Waals surface area contributed by atoms with Crippen molar-refractivity contribution in [2.45, 2.75) is 13.5 Å². The molecule has 2 aromatic carbocycles. The maximum Gasteiger partial charge on any atom is 0.321 e. The Hall–Kier alpha value is -2.20. The normalized spacial score (nSPS) is 10.2. The van der Waals surface area contributed by atoms with E-state index in [-0.39, 0.29) is 6.03 Å². The first kappa shape index (κ1) is 16.2. The number of hydrogen-bond acceptors (Lipinski definition) is 2. The monoisotopic (exact) mass is 318 g/mol. The van der Waals surface area contributed by atoms with Crippen LogP contribution in [0, 0.1) is 6.92 Å². The van der Waals surface area contributed by atoms with Crippen molar-refractivity contribution in [3.8, 4) is 5.75 Å². The molecule has 0 saturated heterocycles. The minimum absolute atomic E-state index is 0.185. The third-order valence-electron chi connectivity index (χ3n) is 3.35. The number of carbonyl (C=O) groups excluding carboxylic acids is 1. The molecule has 2 amide bonds. The second-order valence-corrected chi connectivity index (χ2v) is 5.51. The van der Waals surface area contributed by atoms with Gasteiger partial charge in [0.2, 0.25) is 0 Å². The highest BCUT2D eigenvalue weighted by molar-refractivity contribution is 6.31. The summed E-state index contributed by atoms with van der Waals surface area (Å²) in [5.41, 5.74) is 2.69. The highest BCUT2D eigenvalue weighted by Crippen LogP contribution is 2.20. The molecule has 1 N–H and O–H groups in total. The van der Waals surface area contributed by atoms with E-state index in [0.717, 1.165) is 16.9 Å². The molecule has 0 bridgehead atoms. The smallest absolute Gasteiger partial charge is 0.321 e. The molecule has 0 atom stereocenters. The molecule has 22 heavy (non-hydrogen) atoms. The number of hydrogen-bond donors (Lipinski definition) is 1. The predicted octanol–water partition coefficient (Wildman–Crippen LogP) is 4.32. The molecule has 0 aliphatic heterocycles. The zero-order valence-electron chi connectivity index (χ0n) is 12.9. The van der Waals surface area contributed by atoms with Crippen molar-refractivity contribution in [2.24, 2.45) is 0 Å². The van der Waals surface area contributed by atoms with Gasteiger partial charge in [0.15, 0.2) is 0 Å². The van der Waals surface area contributed by atoms with Crippen molar-refractivity contribution in [3.05, 3.63) is 58.6 Å². The minimum atomic E-state index is -0.185. The highest BCUT2D eigenvalue weighted by Gasteiger charge is 2.10. The van der Waals surface area contributed by atoms with Gasteiger partial charge in [0.25, 0.3) is 0 Å². The van der Waals surface area contributed by atoms with Crippen LogP contribution in [0.1, 0.15) is 11.1 Å². The van der Waals surface area contributed by atoms with Crippen LogP contribution in [0.15, 0.2) is 42.5 Å². The topological polar surface area (TPSA) is 41.6 Å². The van der Waals surface area contributed by atoms with Crippen LogP contribution in [0.25, 0.3) is 0 Å². The molecule has 0 aliphatic rings. The summed E-state index contributed by atoms with van der Waals surface area (Å²) in [4.78, 5) is 13.8. The van der Waals surface area contributed by atoms with Gasteiger partial charge in [0, 0.05) is 24.3 Å². The first-order chi connectivity index (χ1) is 10.5. The molecular formula is C17H19ClN2O2. The van der Waals surface area contributed by atoms with Gasteiger partial charge in [-0.3, -0.25) is 0 Å². The zero-order valence-corrected chi connectivity index (χ0v) is 13.6. The predicted molar refractivity (Wildman–Crippen MR) is 89.7 cm³/mol. The Labute approximate surface area is 135 Å². The van der Waals surface area contributed by atoms with Crippen LogP contribution in [0.5, 0.6) is 5.75 Å². The number of benzene rings is 2. The molecule has 5 heteroatoms. The van der Waals surface area contributed by atoms with E-state index in [1.807, 2.05) is 43.3 Å². The van der Waals surface area contributed by atoms with E-state index < -0.39 is 0 Å². The number of rotatable bonds is 4. The van der Waals surface area contributed by atoms with E-state index in [4.69, 9.17) is 16.3 Å². The molecule has 0 heterocycles. The van der Waals surface area contributed by atoms with Gasteiger partial charge in [0.05, 0.1) is 7.11 Å². The first-order valence-electron chi connectivity index (χ1n) is 6.91. The number of urea groups is 1. The Bertz CT molecular complexity index is 656.